The van der Waals surface area contributed by atoms with Crippen molar-refractivity contribution in [2.75, 3.05) is 27.4 Å². The zero-order chi connectivity index (χ0) is 42.2. The Morgan fingerprint density at radius 2 is 1.00 bits per heavy atom. The highest BCUT2D eigenvalue weighted by Crippen LogP contribution is 2.35. The van der Waals surface area contributed by atoms with Crippen LogP contribution in [-0.4, -0.2) is 116 Å². The Kier molecular flexibility index (Phi) is 15.4. The molecule has 2 saturated heterocycles. The number of aryl methyl sites for hydroxylation is 2. The van der Waals surface area contributed by atoms with Gasteiger partial charge in [0.05, 0.1) is 36.2 Å². The van der Waals surface area contributed by atoms with Crippen molar-refractivity contribution in [3.8, 4) is 0 Å². The van der Waals surface area contributed by atoms with Gasteiger partial charge in [0, 0.05) is 14.2 Å². The van der Waals surface area contributed by atoms with Gasteiger partial charge in [0.1, 0.15) is 36.6 Å². The molecule has 10 atom stereocenters. The second-order valence-corrected chi connectivity index (χ2v) is 17.4. The highest BCUT2D eigenvalue weighted by molar-refractivity contribution is 7.87. The highest BCUT2D eigenvalue weighted by atomic mass is 32.2. The molecule has 4 aromatic rings. The van der Waals surface area contributed by atoms with Crippen molar-refractivity contribution in [1.29, 1.82) is 0 Å². The molecule has 320 valence electrons. The van der Waals surface area contributed by atoms with Gasteiger partial charge in [0.2, 0.25) is 0 Å². The number of aliphatic hydroxyl groups is 2. The van der Waals surface area contributed by atoms with E-state index < -0.39 is 81.6 Å². The lowest BCUT2D eigenvalue weighted by atomic mass is 9.96. The normalized spacial score (nSPS) is 27.7. The zero-order valence-electron chi connectivity index (χ0n) is 33.0. The molecule has 2 aliphatic rings. The molecule has 17 heteroatoms. The quantitative estimate of drug-likeness (QED) is 0.137. The molecule has 15 nitrogen and oxygen atoms in total. The van der Waals surface area contributed by atoms with E-state index in [0.717, 1.165) is 22.3 Å². The zero-order valence-corrected chi connectivity index (χ0v) is 34.6. The van der Waals surface area contributed by atoms with Crippen LogP contribution >= 0.6 is 0 Å². The third kappa shape index (κ3) is 11.4. The largest absolute Gasteiger partial charge is 0.387 e. The molecular weight excluding hydrogens is 809 g/mol. The Balaban J connectivity index is 1.34. The van der Waals surface area contributed by atoms with Crippen molar-refractivity contribution in [3.63, 3.8) is 0 Å². The maximum Gasteiger partial charge on any atom is 0.297 e. The summed E-state index contributed by atoms with van der Waals surface area (Å²) < 4.78 is 108. The number of hydrogen-bond acceptors (Lipinski definition) is 15. The van der Waals surface area contributed by atoms with E-state index in [0.29, 0.717) is 0 Å². The van der Waals surface area contributed by atoms with Gasteiger partial charge in [0.15, 0.2) is 24.8 Å². The number of hydrogen-bond donors (Lipinski definition) is 2. The molecule has 0 spiro atoms. The summed E-state index contributed by atoms with van der Waals surface area (Å²) in [5.41, 5.74) is 3.30. The Labute approximate surface area is 344 Å². The summed E-state index contributed by atoms with van der Waals surface area (Å²) in [5.74, 6) is 0. The van der Waals surface area contributed by atoms with Crippen LogP contribution in [0, 0.1) is 13.8 Å². The molecule has 2 fully saturated rings. The van der Waals surface area contributed by atoms with Crippen LogP contribution in [0.1, 0.15) is 22.3 Å². The smallest absolute Gasteiger partial charge is 0.297 e. The molecule has 0 saturated carbocycles. The molecule has 4 aromatic carbocycles. The number of benzene rings is 4. The Morgan fingerprint density at radius 1 is 0.542 bits per heavy atom. The lowest BCUT2D eigenvalue weighted by molar-refractivity contribution is -0.354. The lowest BCUT2D eigenvalue weighted by Crippen LogP contribution is -2.66. The fourth-order valence-corrected chi connectivity index (χ4v) is 8.93. The van der Waals surface area contributed by atoms with E-state index in [-0.39, 0.29) is 36.2 Å². The van der Waals surface area contributed by atoms with Crippen LogP contribution in [0.5, 0.6) is 0 Å². The molecular formula is C42H50O15S2. The lowest BCUT2D eigenvalue weighted by Gasteiger charge is -2.48. The van der Waals surface area contributed by atoms with E-state index in [4.69, 9.17) is 41.5 Å². The third-order valence-electron chi connectivity index (χ3n) is 9.95. The molecule has 2 heterocycles. The second kappa shape index (κ2) is 20.3. The molecule has 0 radical (unpaired) electrons. The van der Waals surface area contributed by atoms with Gasteiger partial charge in [-0.1, -0.05) is 96.1 Å². The van der Waals surface area contributed by atoms with Crippen molar-refractivity contribution in [1.82, 2.24) is 0 Å². The van der Waals surface area contributed by atoms with E-state index in [1.165, 1.54) is 38.5 Å². The maximum atomic E-state index is 13.8. The average molecular weight is 859 g/mol. The van der Waals surface area contributed by atoms with Crippen molar-refractivity contribution in [3.05, 3.63) is 131 Å². The number of methoxy groups -OCH3 is 2. The fourth-order valence-electron chi connectivity index (χ4n) is 6.78. The van der Waals surface area contributed by atoms with E-state index in [1.54, 1.807) is 38.1 Å². The van der Waals surface area contributed by atoms with Crippen LogP contribution in [0.15, 0.2) is 119 Å². The van der Waals surface area contributed by atoms with Gasteiger partial charge in [-0.25, -0.2) is 0 Å². The van der Waals surface area contributed by atoms with E-state index in [2.05, 4.69) is 0 Å². The molecule has 0 amide bonds. The number of rotatable bonds is 18. The van der Waals surface area contributed by atoms with Gasteiger partial charge >= 0.3 is 0 Å². The van der Waals surface area contributed by atoms with Gasteiger partial charge in [0.25, 0.3) is 20.2 Å². The van der Waals surface area contributed by atoms with Gasteiger partial charge in [-0.2, -0.15) is 16.8 Å². The molecule has 0 bridgehead atoms. The minimum Gasteiger partial charge on any atom is -0.387 e. The molecule has 0 aliphatic carbocycles. The predicted molar refractivity (Wildman–Crippen MR) is 211 cm³/mol. The third-order valence-corrected chi connectivity index (χ3v) is 12.6. The Bertz CT molecular complexity index is 2120. The van der Waals surface area contributed by atoms with Crippen molar-refractivity contribution in [2.24, 2.45) is 0 Å². The Morgan fingerprint density at radius 3 is 1.47 bits per heavy atom. The summed E-state index contributed by atoms with van der Waals surface area (Å²) in [5, 5.41) is 22.9. The first-order valence-corrected chi connectivity index (χ1v) is 21.7. The summed E-state index contributed by atoms with van der Waals surface area (Å²) in [4.78, 5) is -0.364. The van der Waals surface area contributed by atoms with Gasteiger partial charge in [-0.05, 0) is 49.2 Å². The molecule has 0 aromatic heterocycles. The van der Waals surface area contributed by atoms with Crippen LogP contribution in [-0.2, 0) is 75.0 Å². The average Bonchev–Trinajstić information content (AvgIpc) is 3.22. The van der Waals surface area contributed by atoms with Gasteiger partial charge in [-0.15, -0.1) is 0 Å². The maximum absolute atomic E-state index is 13.8. The first-order valence-electron chi connectivity index (χ1n) is 18.9. The van der Waals surface area contributed by atoms with Crippen molar-refractivity contribution >= 4 is 20.2 Å². The van der Waals surface area contributed by atoms with Gasteiger partial charge in [-0.3, -0.25) is 8.37 Å². The Hall–Kier alpha value is -3.66. The molecule has 0 unspecified atom stereocenters. The minimum atomic E-state index is -4.56. The molecule has 2 aliphatic heterocycles. The fraction of sp³-hybridized carbons (Fsp3) is 0.429. The van der Waals surface area contributed by atoms with Gasteiger partial charge < -0.3 is 43.4 Å². The van der Waals surface area contributed by atoms with Crippen LogP contribution in [0.3, 0.4) is 0 Å². The monoisotopic (exact) mass is 858 g/mol. The second-order valence-electron chi connectivity index (χ2n) is 14.3. The summed E-state index contributed by atoms with van der Waals surface area (Å²) in [6, 6.07) is 30.4. The standard InChI is InChI=1S/C42H50O15S2/c1-27-15-19-31(20-16-27)58(45,46)56-39-38(50-4)36(34(53-41(39)44)26-52-24-30-13-9-6-10-14-30)55-42-40(57-59(47,48)32-21-17-28(2)18-22-32)37(49-3)35(43)33(54-42)25-51-23-29-11-7-5-8-12-29/h5-22,33-44H,23-26H2,1-4H3/t33-,34-,35-,36-,37+,38+,39+,40+,41+,42-/m1/s1. The summed E-state index contributed by atoms with van der Waals surface area (Å²) in [6.07, 6.45) is -15.0. The predicted octanol–water partition coefficient (Wildman–Crippen LogP) is 3.80. The van der Waals surface area contributed by atoms with Crippen LogP contribution in [0.4, 0.5) is 0 Å². The van der Waals surface area contributed by atoms with Crippen molar-refractivity contribution < 1.29 is 68.6 Å². The first-order chi connectivity index (χ1) is 28.3. The topological polar surface area (TPSA) is 192 Å². The first kappa shape index (κ1) is 44.9. The van der Waals surface area contributed by atoms with Crippen LogP contribution < -0.4 is 0 Å². The van der Waals surface area contributed by atoms with Crippen molar-refractivity contribution in [2.45, 2.75) is 98.3 Å². The SMILES string of the molecule is CO[C@@H]1[C@H](OS(=O)(=O)c2ccc(C)cc2)[C@@H](O)O[C@H](COCc2ccccc2)[C@H]1O[C@H]1O[C@H](COCc2ccccc2)[C@@H](O)[C@H](OC)[C@@H]1OS(=O)(=O)c1ccc(C)cc1. The molecule has 6 rings (SSSR count). The summed E-state index contributed by atoms with van der Waals surface area (Å²) in [6.45, 7) is 3.46. The van der Waals surface area contributed by atoms with E-state index in [9.17, 15) is 27.0 Å². The van der Waals surface area contributed by atoms with E-state index in [1.807, 2.05) is 60.7 Å². The minimum absolute atomic E-state index is 0.127. The summed E-state index contributed by atoms with van der Waals surface area (Å²) in [7, 11) is -6.55. The van der Waals surface area contributed by atoms with Crippen LogP contribution in [0.25, 0.3) is 0 Å². The highest BCUT2D eigenvalue weighted by Gasteiger charge is 2.55. The summed E-state index contributed by atoms with van der Waals surface area (Å²) >= 11 is 0. The van der Waals surface area contributed by atoms with Crippen LogP contribution in [0.2, 0.25) is 0 Å². The number of ether oxygens (including phenoxy) is 7. The molecule has 59 heavy (non-hydrogen) atoms. The number of aliphatic hydroxyl groups excluding tert-OH is 2. The van der Waals surface area contributed by atoms with E-state index >= 15 is 0 Å². The molecule has 2 N–H and O–H groups in total.